The van der Waals surface area contributed by atoms with E-state index in [1.54, 1.807) is 6.20 Å². The van der Waals surface area contributed by atoms with E-state index < -0.39 is 0 Å². The van der Waals surface area contributed by atoms with Gasteiger partial charge in [0.05, 0.1) is 34.1 Å². The van der Waals surface area contributed by atoms with Crippen molar-refractivity contribution in [3.63, 3.8) is 0 Å². The average Bonchev–Trinajstić information content (AvgIpc) is 3.54. The van der Waals surface area contributed by atoms with Gasteiger partial charge < -0.3 is 15.1 Å². The van der Waals surface area contributed by atoms with E-state index in [4.69, 9.17) is 10.1 Å². The van der Waals surface area contributed by atoms with Gasteiger partial charge in [-0.05, 0) is 69.6 Å². The van der Waals surface area contributed by atoms with E-state index in [1.165, 1.54) is 18.3 Å². The molecular weight excluding hydrogens is 522 g/mol. The van der Waals surface area contributed by atoms with Gasteiger partial charge in [-0.1, -0.05) is 23.5 Å². The van der Waals surface area contributed by atoms with Crippen molar-refractivity contribution >= 4 is 28.3 Å². The number of likely N-dealkylation sites (tertiary alicyclic amines) is 1. The molecule has 2 aliphatic rings. The molecule has 0 spiro atoms. The number of nitrogens with one attached hydrogen (secondary N) is 1. The van der Waals surface area contributed by atoms with Gasteiger partial charge >= 0.3 is 0 Å². The molecule has 1 aliphatic carbocycles. The van der Waals surface area contributed by atoms with Crippen LogP contribution in [0.2, 0.25) is 0 Å². The number of aromatic nitrogens is 4. The third-order valence-electron chi connectivity index (χ3n) is 7.81. The third kappa shape index (κ3) is 5.16. The van der Waals surface area contributed by atoms with Crippen molar-refractivity contribution in [2.45, 2.75) is 45.1 Å². The topological polar surface area (TPSA) is 96.2 Å². The standard InChI is InChI=1S/C30H33N7O2S/c1-19(38)32-30-33-25-11-10-24-27(21-5-4-14-31-18-21)34-37(28(24)29(25)40-30)23-8-6-20(7-9-23)17-26(39)36-15-12-22(13-16-36)35(2)3/h4-9,14,18,22H,10-13,15-17H2,1-3H3,(H,32,33,38). The number of hydrogen-bond donors (Lipinski definition) is 1. The second kappa shape index (κ2) is 10.9. The van der Waals surface area contributed by atoms with Crippen molar-refractivity contribution in [3.8, 4) is 27.5 Å². The quantitative estimate of drug-likeness (QED) is 0.383. The van der Waals surface area contributed by atoms with Crippen LogP contribution in [0.4, 0.5) is 5.13 Å². The second-order valence-electron chi connectivity index (χ2n) is 10.7. The predicted octanol–water partition coefficient (Wildman–Crippen LogP) is 4.21. The lowest BCUT2D eigenvalue weighted by Gasteiger charge is -2.35. The summed E-state index contributed by atoms with van der Waals surface area (Å²) in [4.78, 5) is 39.0. The Bertz CT molecular complexity index is 1530. The number of carbonyl (C=O) groups excluding carboxylic acids is 2. The number of nitrogens with zero attached hydrogens (tertiary/aromatic N) is 6. The molecule has 1 aromatic carbocycles. The fraction of sp³-hybridized carbons (Fsp3) is 0.367. The molecule has 2 amide bonds. The van der Waals surface area contributed by atoms with E-state index in [-0.39, 0.29) is 11.8 Å². The van der Waals surface area contributed by atoms with E-state index in [0.717, 1.165) is 83.1 Å². The molecule has 4 aromatic rings. The number of hydrogen-bond acceptors (Lipinski definition) is 7. The first-order chi connectivity index (χ1) is 19.4. The fourth-order valence-electron chi connectivity index (χ4n) is 5.67. The lowest BCUT2D eigenvalue weighted by atomic mass is 9.95. The van der Waals surface area contributed by atoms with Gasteiger partial charge in [-0.3, -0.25) is 14.6 Å². The number of aryl methyl sites for hydroxylation is 1. The number of anilines is 1. The first kappa shape index (κ1) is 26.3. The SMILES string of the molecule is CC(=O)Nc1nc2c(s1)-c1c(c(-c3cccnc3)nn1-c1ccc(CC(=O)N3CCC(N(C)C)CC3)cc1)CC2. The Kier molecular flexibility index (Phi) is 7.20. The van der Waals surface area contributed by atoms with Crippen LogP contribution >= 0.6 is 11.3 Å². The molecule has 0 saturated carbocycles. The molecule has 1 fully saturated rings. The van der Waals surface area contributed by atoms with Gasteiger partial charge in [0.2, 0.25) is 11.8 Å². The smallest absolute Gasteiger partial charge is 0.226 e. The molecule has 1 aliphatic heterocycles. The fourth-order valence-corrected chi connectivity index (χ4v) is 6.78. The highest BCUT2D eigenvalue weighted by Gasteiger charge is 2.30. The number of rotatable bonds is 6. The number of amides is 2. The highest BCUT2D eigenvalue weighted by Crippen LogP contribution is 2.44. The van der Waals surface area contributed by atoms with Crippen LogP contribution in [0.15, 0.2) is 48.8 Å². The van der Waals surface area contributed by atoms with Crippen molar-refractivity contribution in [2.24, 2.45) is 0 Å². The zero-order chi connectivity index (χ0) is 27.8. The zero-order valence-corrected chi connectivity index (χ0v) is 23.9. The molecule has 4 heterocycles. The monoisotopic (exact) mass is 555 g/mol. The highest BCUT2D eigenvalue weighted by atomic mass is 32.1. The lowest BCUT2D eigenvalue weighted by Crippen LogP contribution is -2.44. The number of fused-ring (bicyclic) bond motifs is 3. The van der Waals surface area contributed by atoms with Gasteiger partial charge in [0, 0.05) is 49.6 Å². The van der Waals surface area contributed by atoms with Gasteiger partial charge in [-0.15, -0.1) is 0 Å². The Hall–Kier alpha value is -3.89. The van der Waals surface area contributed by atoms with E-state index >= 15 is 0 Å². The Morgan fingerprint density at radius 1 is 1.10 bits per heavy atom. The average molecular weight is 556 g/mol. The Balaban J connectivity index is 1.30. The molecule has 1 saturated heterocycles. The first-order valence-electron chi connectivity index (χ1n) is 13.7. The molecule has 0 unspecified atom stereocenters. The molecule has 6 rings (SSSR count). The summed E-state index contributed by atoms with van der Waals surface area (Å²) in [7, 11) is 4.22. The summed E-state index contributed by atoms with van der Waals surface area (Å²) in [6, 6.07) is 12.6. The number of pyridine rings is 1. The molecule has 1 N–H and O–H groups in total. The van der Waals surface area contributed by atoms with E-state index in [2.05, 4.69) is 29.3 Å². The Morgan fingerprint density at radius 3 is 2.55 bits per heavy atom. The third-order valence-corrected chi connectivity index (χ3v) is 8.83. The molecule has 9 nitrogen and oxygen atoms in total. The Morgan fingerprint density at radius 2 is 1.88 bits per heavy atom. The number of carbonyl (C=O) groups is 2. The summed E-state index contributed by atoms with van der Waals surface area (Å²) in [6.07, 6.45) is 7.61. The highest BCUT2D eigenvalue weighted by molar-refractivity contribution is 7.19. The molecule has 0 radical (unpaired) electrons. The molecule has 3 aromatic heterocycles. The van der Waals surface area contributed by atoms with Crippen LogP contribution in [-0.2, 0) is 28.9 Å². The summed E-state index contributed by atoms with van der Waals surface area (Å²) in [5.74, 6) is 0.0446. The first-order valence-corrected chi connectivity index (χ1v) is 14.5. The number of piperidine rings is 1. The second-order valence-corrected chi connectivity index (χ2v) is 11.7. The summed E-state index contributed by atoms with van der Waals surface area (Å²) >= 11 is 1.48. The number of benzene rings is 1. The van der Waals surface area contributed by atoms with Crippen LogP contribution in [0.25, 0.3) is 27.5 Å². The molecule has 40 heavy (non-hydrogen) atoms. The molecule has 206 valence electrons. The van der Waals surface area contributed by atoms with Crippen molar-refractivity contribution in [2.75, 3.05) is 32.5 Å². The molecular formula is C30H33N7O2S. The summed E-state index contributed by atoms with van der Waals surface area (Å²) in [5.41, 5.74) is 6.90. The minimum absolute atomic E-state index is 0.136. The van der Waals surface area contributed by atoms with Gasteiger partial charge in [0.1, 0.15) is 0 Å². The summed E-state index contributed by atoms with van der Waals surface area (Å²) < 4.78 is 1.98. The van der Waals surface area contributed by atoms with Crippen LogP contribution in [0, 0.1) is 0 Å². The van der Waals surface area contributed by atoms with Crippen LogP contribution in [0.5, 0.6) is 0 Å². The van der Waals surface area contributed by atoms with E-state index in [1.807, 2.05) is 52.2 Å². The van der Waals surface area contributed by atoms with Gasteiger partial charge in [-0.25, -0.2) is 9.67 Å². The van der Waals surface area contributed by atoms with Gasteiger partial charge in [-0.2, -0.15) is 5.10 Å². The Labute approximate surface area is 237 Å². The minimum atomic E-state index is -0.136. The molecule has 0 atom stereocenters. The van der Waals surface area contributed by atoms with E-state index in [0.29, 0.717) is 17.6 Å². The van der Waals surface area contributed by atoms with Crippen LogP contribution in [0.1, 0.15) is 36.6 Å². The summed E-state index contributed by atoms with van der Waals surface area (Å²) in [5, 5.41) is 8.52. The van der Waals surface area contributed by atoms with Crippen LogP contribution in [0.3, 0.4) is 0 Å². The minimum Gasteiger partial charge on any atom is -0.342 e. The van der Waals surface area contributed by atoms with E-state index in [9.17, 15) is 9.59 Å². The van der Waals surface area contributed by atoms with Crippen LogP contribution in [-0.4, -0.2) is 74.6 Å². The van der Waals surface area contributed by atoms with Crippen molar-refractivity contribution in [3.05, 3.63) is 65.6 Å². The normalized spacial score (nSPS) is 15.2. The largest absolute Gasteiger partial charge is 0.342 e. The van der Waals surface area contributed by atoms with Gasteiger partial charge in [0.25, 0.3) is 0 Å². The lowest BCUT2D eigenvalue weighted by molar-refractivity contribution is -0.131. The van der Waals surface area contributed by atoms with Crippen LogP contribution < -0.4 is 5.32 Å². The predicted molar refractivity (Wildman–Crippen MR) is 157 cm³/mol. The maximum Gasteiger partial charge on any atom is 0.226 e. The maximum absolute atomic E-state index is 13.0. The maximum atomic E-state index is 13.0. The summed E-state index contributed by atoms with van der Waals surface area (Å²) in [6.45, 7) is 3.12. The van der Waals surface area contributed by atoms with Crippen molar-refractivity contribution in [1.29, 1.82) is 0 Å². The number of thiazole rings is 1. The van der Waals surface area contributed by atoms with Gasteiger partial charge in [0.15, 0.2) is 5.13 Å². The molecule has 0 bridgehead atoms. The van der Waals surface area contributed by atoms with Crippen molar-refractivity contribution in [1.82, 2.24) is 29.5 Å². The zero-order valence-electron chi connectivity index (χ0n) is 23.1. The molecule has 10 heteroatoms. The van der Waals surface area contributed by atoms with Crippen molar-refractivity contribution < 1.29 is 9.59 Å².